The minimum absolute atomic E-state index is 0.00167. The maximum Gasteiger partial charge on any atom is 0.246 e. The molecule has 200 valence electrons. The summed E-state index contributed by atoms with van der Waals surface area (Å²) in [4.78, 5) is 23.4. The van der Waals surface area contributed by atoms with Crippen LogP contribution in [-0.4, -0.2) is 69.4 Å². The number of hydrogen-bond donors (Lipinski definition) is 2. The van der Waals surface area contributed by atoms with Gasteiger partial charge in [0.15, 0.2) is 5.65 Å². The molecule has 0 saturated carbocycles. The molecule has 0 aliphatic carbocycles. The first-order chi connectivity index (χ1) is 19.2. The fourth-order valence-corrected chi connectivity index (χ4v) is 5.09. The van der Waals surface area contributed by atoms with Gasteiger partial charge in [0.05, 0.1) is 18.0 Å². The number of para-hydroxylation sites is 1. The molecule has 2 aromatic carbocycles. The first kappa shape index (κ1) is 25.0. The summed E-state index contributed by atoms with van der Waals surface area (Å²) in [5.41, 5.74) is 8.57. The smallest absolute Gasteiger partial charge is 0.246 e. The molecule has 2 fully saturated rings. The Labute approximate surface area is 226 Å². The molecule has 0 bridgehead atoms. The van der Waals surface area contributed by atoms with Gasteiger partial charge in [-0.2, -0.15) is 5.10 Å². The Hall–Kier alpha value is -4.28. The van der Waals surface area contributed by atoms with Crippen molar-refractivity contribution in [2.24, 2.45) is 0 Å². The Morgan fingerprint density at radius 1 is 1.10 bits per heavy atom. The summed E-state index contributed by atoms with van der Waals surface area (Å²) in [7, 11) is 0. The van der Waals surface area contributed by atoms with Crippen molar-refractivity contribution in [3.8, 4) is 22.8 Å². The lowest BCUT2D eigenvalue weighted by molar-refractivity contribution is -0.125. The molecule has 2 aliphatic heterocycles. The van der Waals surface area contributed by atoms with Crippen LogP contribution >= 0.6 is 0 Å². The van der Waals surface area contributed by atoms with Crippen LogP contribution in [0.3, 0.4) is 0 Å². The van der Waals surface area contributed by atoms with E-state index in [0.717, 1.165) is 43.1 Å². The lowest BCUT2D eigenvalue weighted by atomic mass is 10.1. The monoisotopic (exact) mass is 525 g/mol. The quantitative estimate of drug-likeness (QED) is 0.335. The number of nitrogens with two attached hydrogens (primary N) is 1. The minimum atomic E-state index is -0.0117. The van der Waals surface area contributed by atoms with Crippen molar-refractivity contribution in [1.82, 2.24) is 30.0 Å². The summed E-state index contributed by atoms with van der Waals surface area (Å²) in [6, 6.07) is 17.7. The van der Waals surface area contributed by atoms with Crippen LogP contribution in [0.15, 0.2) is 73.1 Å². The molecule has 1 amide bonds. The van der Waals surface area contributed by atoms with E-state index in [1.807, 2.05) is 70.3 Å². The van der Waals surface area contributed by atoms with E-state index in [-0.39, 0.29) is 11.9 Å². The van der Waals surface area contributed by atoms with Gasteiger partial charge in [0, 0.05) is 43.9 Å². The maximum absolute atomic E-state index is 12.8. The molecule has 2 saturated heterocycles. The normalized spacial score (nSPS) is 19.3. The van der Waals surface area contributed by atoms with Crippen LogP contribution in [0.1, 0.15) is 18.9 Å². The summed E-state index contributed by atoms with van der Waals surface area (Å²) in [5, 5.41) is 9.04. The third-order valence-corrected chi connectivity index (χ3v) is 7.16. The molecule has 10 nitrogen and oxygen atoms in total. The highest BCUT2D eigenvalue weighted by Gasteiger charge is 2.30. The first-order valence-corrected chi connectivity index (χ1v) is 13.2. The number of fused-ring (bicyclic) bond motifs is 1. The van der Waals surface area contributed by atoms with Crippen LogP contribution < -0.4 is 15.8 Å². The van der Waals surface area contributed by atoms with Gasteiger partial charge in [0.1, 0.15) is 29.3 Å². The first-order valence-electron chi connectivity index (χ1n) is 13.2. The number of rotatable bonds is 8. The van der Waals surface area contributed by atoms with Crippen LogP contribution in [0.25, 0.3) is 22.3 Å². The van der Waals surface area contributed by atoms with Gasteiger partial charge in [0.2, 0.25) is 5.91 Å². The summed E-state index contributed by atoms with van der Waals surface area (Å²) in [5.74, 6) is 1.87. The number of amides is 1. The topological polar surface area (TPSA) is 120 Å². The van der Waals surface area contributed by atoms with E-state index in [1.54, 1.807) is 6.08 Å². The fraction of sp³-hybridized carbons (Fsp3) is 0.310. The van der Waals surface area contributed by atoms with E-state index in [9.17, 15) is 4.79 Å². The number of nitrogens with one attached hydrogen (secondary N) is 1. The van der Waals surface area contributed by atoms with Crippen LogP contribution in [0.2, 0.25) is 0 Å². The number of anilines is 1. The van der Waals surface area contributed by atoms with Gasteiger partial charge in [-0.3, -0.25) is 4.79 Å². The summed E-state index contributed by atoms with van der Waals surface area (Å²) in [6.07, 6.45) is 6.78. The minimum Gasteiger partial charge on any atom is -0.457 e. The molecule has 2 unspecified atom stereocenters. The van der Waals surface area contributed by atoms with Crippen molar-refractivity contribution >= 4 is 22.8 Å². The summed E-state index contributed by atoms with van der Waals surface area (Å²) >= 11 is 0. The van der Waals surface area contributed by atoms with Crippen LogP contribution in [0.5, 0.6) is 11.5 Å². The number of carbonyl (C=O) groups excluding carboxylic acids is 1. The van der Waals surface area contributed by atoms with E-state index in [0.29, 0.717) is 48.2 Å². The molecular formula is C29H31N7O3. The number of ether oxygens (including phenoxy) is 2. The van der Waals surface area contributed by atoms with Crippen LogP contribution in [0.4, 0.5) is 5.82 Å². The molecule has 2 aromatic heterocycles. The third-order valence-electron chi connectivity index (χ3n) is 7.16. The van der Waals surface area contributed by atoms with Crippen LogP contribution in [-0.2, 0) is 9.53 Å². The Kier molecular flexibility index (Phi) is 7.20. The van der Waals surface area contributed by atoms with Crippen LogP contribution in [0, 0.1) is 0 Å². The number of carbonyl (C=O) groups is 1. The zero-order valence-electron chi connectivity index (χ0n) is 21.6. The maximum atomic E-state index is 12.8. The fourth-order valence-electron chi connectivity index (χ4n) is 5.09. The van der Waals surface area contributed by atoms with E-state index < -0.39 is 0 Å². The van der Waals surface area contributed by atoms with Crippen molar-refractivity contribution in [1.29, 1.82) is 0 Å². The predicted octanol–water partition coefficient (Wildman–Crippen LogP) is 3.58. The number of nitrogen functional groups attached to an aromatic ring is 1. The third kappa shape index (κ3) is 5.47. The Morgan fingerprint density at radius 3 is 2.72 bits per heavy atom. The second kappa shape index (κ2) is 11.2. The predicted molar refractivity (Wildman–Crippen MR) is 148 cm³/mol. The number of likely N-dealkylation sites (tertiary alicyclic amines) is 1. The van der Waals surface area contributed by atoms with Crippen molar-refractivity contribution in [3.05, 3.63) is 73.1 Å². The molecule has 10 heteroatoms. The lowest BCUT2D eigenvalue weighted by Gasteiger charge is -2.15. The number of benzene rings is 2. The second-order valence-corrected chi connectivity index (χ2v) is 9.79. The lowest BCUT2D eigenvalue weighted by Crippen LogP contribution is -2.30. The number of aromatic nitrogens is 4. The van der Waals surface area contributed by atoms with Gasteiger partial charge in [0.25, 0.3) is 0 Å². The highest BCUT2D eigenvalue weighted by atomic mass is 16.5. The van der Waals surface area contributed by atoms with Gasteiger partial charge >= 0.3 is 0 Å². The zero-order chi connectivity index (χ0) is 26.6. The van der Waals surface area contributed by atoms with Gasteiger partial charge in [-0.05, 0) is 49.2 Å². The van der Waals surface area contributed by atoms with Gasteiger partial charge < -0.3 is 25.4 Å². The van der Waals surface area contributed by atoms with Crippen molar-refractivity contribution in [3.63, 3.8) is 0 Å². The summed E-state index contributed by atoms with van der Waals surface area (Å²) in [6.45, 7) is 3.38. The Bertz CT molecular complexity index is 1460. The molecular weight excluding hydrogens is 494 g/mol. The molecule has 0 spiro atoms. The van der Waals surface area contributed by atoms with Crippen molar-refractivity contribution in [2.45, 2.75) is 24.9 Å². The number of nitrogens with zero attached hydrogens (tertiary/aromatic N) is 5. The molecule has 39 heavy (non-hydrogen) atoms. The van der Waals surface area contributed by atoms with Crippen molar-refractivity contribution in [2.75, 3.05) is 38.6 Å². The second-order valence-electron chi connectivity index (χ2n) is 9.79. The average Bonchev–Trinajstić information content (AvgIpc) is 3.73. The van der Waals surface area contributed by atoms with E-state index in [1.165, 1.54) is 6.33 Å². The SMILES string of the molecule is Nc1ncnc2c1c(-c1ccc(Oc3ccccc3)cc1)nn2C1CCN(C(=O)C=CCNC2CCOC2)C1. The van der Waals surface area contributed by atoms with Crippen molar-refractivity contribution < 1.29 is 14.3 Å². The van der Waals surface area contributed by atoms with E-state index in [2.05, 4.69) is 15.3 Å². The summed E-state index contributed by atoms with van der Waals surface area (Å²) < 4.78 is 13.2. The standard InChI is InChI=1S/C29H31N7O3/c30-28-26-27(20-8-10-24(11-9-20)39-23-5-2-1-3-6-23)34-36(29(26)33-19-32-28)22-12-15-35(17-22)25(37)7-4-14-31-21-13-16-38-18-21/h1-11,19,21-22,31H,12-18H2,(H2,30,32,33). The number of hydrogen-bond acceptors (Lipinski definition) is 8. The highest BCUT2D eigenvalue weighted by Crippen LogP contribution is 2.35. The Morgan fingerprint density at radius 2 is 1.92 bits per heavy atom. The van der Waals surface area contributed by atoms with Gasteiger partial charge in [-0.15, -0.1) is 0 Å². The zero-order valence-corrected chi connectivity index (χ0v) is 21.6. The molecule has 4 aromatic rings. The van der Waals surface area contributed by atoms with E-state index in [4.69, 9.17) is 20.3 Å². The highest BCUT2D eigenvalue weighted by molar-refractivity contribution is 5.98. The molecule has 2 aliphatic rings. The molecule has 3 N–H and O–H groups in total. The Balaban J connectivity index is 1.18. The molecule has 0 radical (unpaired) electrons. The molecule has 6 rings (SSSR count). The average molecular weight is 526 g/mol. The van der Waals surface area contributed by atoms with Gasteiger partial charge in [-0.1, -0.05) is 24.3 Å². The molecule has 2 atom stereocenters. The van der Waals surface area contributed by atoms with E-state index >= 15 is 0 Å². The molecule has 4 heterocycles. The largest absolute Gasteiger partial charge is 0.457 e. The van der Waals surface area contributed by atoms with Gasteiger partial charge in [-0.25, -0.2) is 14.6 Å².